The first-order valence-electron chi connectivity index (χ1n) is 4.51. The largest absolute Gasteiger partial charge is 0.396 e. The van der Waals surface area contributed by atoms with Crippen LogP contribution in [-0.4, -0.2) is 22.7 Å². The van der Waals surface area contributed by atoms with Gasteiger partial charge in [0.1, 0.15) is 0 Å². The number of hydrogen-bond donors (Lipinski definition) is 2. The van der Waals surface area contributed by atoms with Crippen molar-refractivity contribution >= 4 is 0 Å². The van der Waals surface area contributed by atoms with Crippen molar-refractivity contribution in [1.29, 1.82) is 0 Å². The van der Waals surface area contributed by atoms with Gasteiger partial charge in [-0.1, -0.05) is 6.07 Å². The number of aliphatic hydroxyl groups is 1. The van der Waals surface area contributed by atoms with Gasteiger partial charge >= 0.3 is 0 Å². The number of rotatable bonds is 4. The van der Waals surface area contributed by atoms with Gasteiger partial charge in [0.05, 0.1) is 0 Å². The fourth-order valence-electron chi connectivity index (χ4n) is 1.25. The molecule has 3 nitrogen and oxygen atoms in total. The fraction of sp³-hybridized carbons (Fsp3) is 0.500. The molecule has 0 unspecified atom stereocenters. The zero-order valence-electron chi connectivity index (χ0n) is 7.90. The summed E-state index contributed by atoms with van der Waals surface area (Å²) in [4.78, 5) is 4.24. The molecule has 0 spiro atoms. The lowest BCUT2D eigenvalue weighted by Gasteiger charge is -2.10. The third-order valence-corrected chi connectivity index (χ3v) is 2.07. The minimum atomic E-state index is 0.0126. The van der Waals surface area contributed by atoms with Crippen LogP contribution in [0.4, 0.5) is 0 Å². The van der Waals surface area contributed by atoms with E-state index in [4.69, 9.17) is 10.8 Å². The van der Waals surface area contributed by atoms with Gasteiger partial charge < -0.3 is 10.8 Å². The van der Waals surface area contributed by atoms with Gasteiger partial charge in [-0.25, -0.2) is 0 Å². The zero-order chi connectivity index (χ0) is 9.68. The first-order valence-corrected chi connectivity index (χ1v) is 4.51. The summed E-state index contributed by atoms with van der Waals surface area (Å²) in [6, 6.07) is 3.95. The summed E-state index contributed by atoms with van der Waals surface area (Å²) < 4.78 is 0. The maximum Gasteiger partial charge on any atom is 0.0448 e. The van der Waals surface area contributed by atoms with E-state index in [2.05, 4.69) is 4.98 Å². The van der Waals surface area contributed by atoms with E-state index in [0.29, 0.717) is 6.42 Å². The predicted octanol–water partition coefficient (Wildman–Crippen LogP) is 0.642. The Morgan fingerprint density at radius 2 is 2.38 bits per heavy atom. The second-order valence-electron chi connectivity index (χ2n) is 3.24. The summed E-state index contributed by atoms with van der Waals surface area (Å²) in [7, 11) is 0. The topological polar surface area (TPSA) is 59.1 Å². The minimum absolute atomic E-state index is 0.0126. The molecule has 0 amide bonds. The van der Waals surface area contributed by atoms with Crippen LogP contribution in [0.25, 0.3) is 0 Å². The summed E-state index contributed by atoms with van der Waals surface area (Å²) in [6.45, 7) is 2.17. The molecule has 0 aliphatic carbocycles. The van der Waals surface area contributed by atoms with Crippen molar-refractivity contribution in [2.24, 2.45) is 5.73 Å². The SMILES string of the molecule is Cc1cccnc1C[C@@H](N)CCO. The fourth-order valence-corrected chi connectivity index (χ4v) is 1.25. The van der Waals surface area contributed by atoms with Gasteiger partial charge in [0.15, 0.2) is 0 Å². The van der Waals surface area contributed by atoms with Crippen LogP contribution in [0.15, 0.2) is 18.3 Å². The normalized spacial score (nSPS) is 12.8. The Kier molecular flexibility index (Phi) is 3.86. The van der Waals surface area contributed by atoms with E-state index < -0.39 is 0 Å². The number of nitrogens with zero attached hydrogens (tertiary/aromatic N) is 1. The van der Waals surface area contributed by atoms with Crippen molar-refractivity contribution in [1.82, 2.24) is 4.98 Å². The Morgan fingerprint density at radius 3 is 3.00 bits per heavy atom. The molecule has 0 saturated heterocycles. The molecule has 0 radical (unpaired) electrons. The first-order chi connectivity index (χ1) is 6.24. The molecule has 0 fully saturated rings. The molecule has 1 aromatic heterocycles. The Labute approximate surface area is 78.6 Å². The molecule has 0 aliphatic rings. The summed E-state index contributed by atoms with van der Waals surface area (Å²) in [5, 5.41) is 8.68. The Balaban J connectivity index is 2.58. The van der Waals surface area contributed by atoms with Crippen LogP contribution < -0.4 is 5.73 Å². The molecule has 0 bridgehead atoms. The molecule has 0 aliphatic heterocycles. The van der Waals surface area contributed by atoms with Gasteiger partial charge in [-0.15, -0.1) is 0 Å². The lowest BCUT2D eigenvalue weighted by atomic mass is 10.1. The molecular formula is C10H16N2O. The molecule has 1 atom stereocenters. The van der Waals surface area contributed by atoms with E-state index in [9.17, 15) is 0 Å². The number of hydrogen-bond acceptors (Lipinski definition) is 3. The lowest BCUT2D eigenvalue weighted by Crippen LogP contribution is -2.24. The van der Waals surface area contributed by atoms with E-state index in [1.165, 1.54) is 0 Å². The average Bonchev–Trinajstić information content (AvgIpc) is 2.09. The molecular weight excluding hydrogens is 164 g/mol. The van der Waals surface area contributed by atoms with E-state index in [-0.39, 0.29) is 12.6 Å². The van der Waals surface area contributed by atoms with E-state index in [1.54, 1.807) is 6.20 Å². The van der Waals surface area contributed by atoms with E-state index >= 15 is 0 Å². The highest BCUT2D eigenvalue weighted by molar-refractivity contribution is 5.18. The molecule has 0 aromatic carbocycles. The molecule has 0 saturated carbocycles. The van der Waals surface area contributed by atoms with Crippen LogP contribution in [0.5, 0.6) is 0 Å². The summed E-state index contributed by atoms with van der Waals surface area (Å²) in [5.41, 5.74) is 7.98. The monoisotopic (exact) mass is 180 g/mol. The van der Waals surface area contributed by atoms with Crippen molar-refractivity contribution in [2.75, 3.05) is 6.61 Å². The molecule has 13 heavy (non-hydrogen) atoms. The van der Waals surface area contributed by atoms with Crippen LogP contribution in [-0.2, 0) is 6.42 Å². The number of aryl methyl sites for hydroxylation is 1. The van der Waals surface area contributed by atoms with Crippen molar-refractivity contribution in [3.05, 3.63) is 29.6 Å². The third kappa shape index (κ3) is 3.13. The number of aliphatic hydroxyl groups excluding tert-OH is 1. The second-order valence-corrected chi connectivity index (χ2v) is 3.24. The van der Waals surface area contributed by atoms with E-state index in [1.807, 2.05) is 19.1 Å². The summed E-state index contributed by atoms with van der Waals surface area (Å²) >= 11 is 0. The van der Waals surface area contributed by atoms with Crippen molar-refractivity contribution in [3.63, 3.8) is 0 Å². The van der Waals surface area contributed by atoms with Crippen LogP contribution in [0.3, 0.4) is 0 Å². The summed E-state index contributed by atoms with van der Waals surface area (Å²) in [6.07, 6.45) is 3.15. The van der Waals surface area contributed by atoms with Gasteiger partial charge in [0.2, 0.25) is 0 Å². The van der Waals surface area contributed by atoms with Crippen LogP contribution >= 0.6 is 0 Å². The van der Waals surface area contributed by atoms with Crippen LogP contribution in [0.1, 0.15) is 17.7 Å². The smallest absolute Gasteiger partial charge is 0.0448 e. The molecule has 3 heteroatoms. The average molecular weight is 180 g/mol. The molecule has 1 heterocycles. The second kappa shape index (κ2) is 4.94. The highest BCUT2D eigenvalue weighted by Crippen LogP contribution is 2.06. The Hall–Kier alpha value is -0.930. The van der Waals surface area contributed by atoms with Crippen molar-refractivity contribution in [3.8, 4) is 0 Å². The van der Waals surface area contributed by atoms with Gasteiger partial charge in [0.25, 0.3) is 0 Å². The zero-order valence-corrected chi connectivity index (χ0v) is 7.90. The lowest BCUT2D eigenvalue weighted by molar-refractivity contribution is 0.275. The highest BCUT2D eigenvalue weighted by Gasteiger charge is 2.05. The van der Waals surface area contributed by atoms with Gasteiger partial charge in [-0.2, -0.15) is 0 Å². The molecule has 1 rings (SSSR count). The number of nitrogens with two attached hydrogens (primary N) is 1. The van der Waals surface area contributed by atoms with Gasteiger partial charge in [0, 0.05) is 31.0 Å². The van der Waals surface area contributed by atoms with Crippen molar-refractivity contribution in [2.45, 2.75) is 25.8 Å². The Morgan fingerprint density at radius 1 is 1.62 bits per heavy atom. The maximum atomic E-state index is 8.68. The third-order valence-electron chi connectivity index (χ3n) is 2.07. The van der Waals surface area contributed by atoms with Crippen molar-refractivity contribution < 1.29 is 5.11 Å². The highest BCUT2D eigenvalue weighted by atomic mass is 16.3. The molecule has 1 aromatic rings. The minimum Gasteiger partial charge on any atom is -0.396 e. The first kappa shape index (κ1) is 10.2. The predicted molar refractivity (Wildman–Crippen MR) is 52.4 cm³/mol. The molecule has 72 valence electrons. The maximum absolute atomic E-state index is 8.68. The van der Waals surface area contributed by atoms with Crippen LogP contribution in [0.2, 0.25) is 0 Å². The summed E-state index contributed by atoms with van der Waals surface area (Å²) in [5.74, 6) is 0. The van der Waals surface area contributed by atoms with Crippen LogP contribution in [0, 0.1) is 6.92 Å². The number of aromatic nitrogens is 1. The van der Waals surface area contributed by atoms with Gasteiger partial charge in [-0.3, -0.25) is 4.98 Å². The van der Waals surface area contributed by atoms with E-state index in [0.717, 1.165) is 17.7 Å². The van der Waals surface area contributed by atoms with Gasteiger partial charge in [-0.05, 0) is 25.0 Å². The molecule has 3 N–H and O–H groups in total. The number of pyridine rings is 1. The standard InChI is InChI=1S/C10H16N2O/c1-8-3-2-5-12-10(8)7-9(11)4-6-13/h2-3,5,9,13H,4,6-7,11H2,1H3/t9-/m0/s1. The Bertz CT molecular complexity index is 263. The quantitative estimate of drug-likeness (QED) is 0.715.